The Labute approximate surface area is 149 Å². The van der Waals surface area contributed by atoms with E-state index in [0.29, 0.717) is 52.2 Å². The minimum absolute atomic E-state index is 0.0400. The zero-order valence-electron chi connectivity index (χ0n) is 15.6. The van der Waals surface area contributed by atoms with Crippen LogP contribution in [0.25, 0.3) is 0 Å². The Balaban J connectivity index is 2.38. The first-order valence-corrected chi connectivity index (χ1v) is 8.94. The molecule has 1 saturated heterocycles. The van der Waals surface area contributed by atoms with Crippen molar-refractivity contribution in [2.75, 3.05) is 46.5 Å². The molecule has 0 atom stereocenters. The van der Waals surface area contributed by atoms with Gasteiger partial charge in [0.05, 0.1) is 6.61 Å². The molecule has 144 valence electrons. The molecule has 8 heteroatoms. The summed E-state index contributed by atoms with van der Waals surface area (Å²) >= 11 is 0. The molecule has 0 aromatic rings. The van der Waals surface area contributed by atoms with Gasteiger partial charge in [-0.05, 0) is 26.2 Å². The number of amides is 3. The summed E-state index contributed by atoms with van der Waals surface area (Å²) in [7, 11) is 1.62. The maximum absolute atomic E-state index is 11.9. The first-order chi connectivity index (χ1) is 12.0. The van der Waals surface area contributed by atoms with E-state index in [0.717, 1.165) is 6.42 Å². The second-order valence-corrected chi connectivity index (χ2v) is 6.08. The van der Waals surface area contributed by atoms with Crippen LogP contribution in [0.15, 0.2) is 0 Å². The molecular formula is C17H31N3O5. The number of nitrogens with one attached hydrogen (secondary N) is 1. The van der Waals surface area contributed by atoms with Gasteiger partial charge in [-0.2, -0.15) is 0 Å². The van der Waals surface area contributed by atoms with Crippen LogP contribution in [0.3, 0.4) is 0 Å². The lowest BCUT2D eigenvalue weighted by molar-refractivity contribution is -0.132. The number of hydrogen-bond acceptors (Lipinski definition) is 5. The quantitative estimate of drug-likeness (QED) is 0.622. The lowest BCUT2D eigenvalue weighted by Gasteiger charge is -2.37. The summed E-state index contributed by atoms with van der Waals surface area (Å²) in [4.78, 5) is 39.0. The van der Waals surface area contributed by atoms with Crippen LogP contribution in [0.1, 0.15) is 39.5 Å². The number of carbonyl (C=O) groups is 3. The first-order valence-electron chi connectivity index (χ1n) is 8.94. The SMILES string of the molecule is CCOC(=O)N1CCC(N(CCC(=O)NCCCOC)C(C)=O)CC1. The molecule has 0 radical (unpaired) electrons. The van der Waals surface area contributed by atoms with E-state index in [1.165, 1.54) is 6.92 Å². The van der Waals surface area contributed by atoms with Gasteiger partial charge >= 0.3 is 6.09 Å². The molecule has 1 fully saturated rings. The molecule has 0 bridgehead atoms. The summed E-state index contributed by atoms with van der Waals surface area (Å²) in [6.07, 6.45) is 2.16. The molecule has 0 aliphatic carbocycles. The summed E-state index contributed by atoms with van der Waals surface area (Å²) < 4.78 is 9.94. The van der Waals surface area contributed by atoms with Crippen molar-refractivity contribution in [3.63, 3.8) is 0 Å². The summed E-state index contributed by atoms with van der Waals surface area (Å²) in [6, 6.07) is 0.0597. The van der Waals surface area contributed by atoms with E-state index in [1.54, 1.807) is 23.8 Å². The lowest BCUT2D eigenvalue weighted by atomic mass is 10.0. The van der Waals surface area contributed by atoms with Crippen LogP contribution < -0.4 is 5.32 Å². The Hall–Kier alpha value is -1.83. The van der Waals surface area contributed by atoms with Gasteiger partial charge in [0.25, 0.3) is 0 Å². The Morgan fingerprint density at radius 3 is 2.48 bits per heavy atom. The molecule has 0 unspecified atom stereocenters. The van der Waals surface area contributed by atoms with Crippen LogP contribution in [0, 0.1) is 0 Å². The topological polar surface area (TPSA) is 88.2 Å². The number of methoxy groups -OCH3 is 1. The van der Waals surface area contributed by atoms with Gasteiger partial charge in [-0.15, -0.1) is 0 Å². The molecule has 1 aliphatic rings. The van der Waals surface area contributed by atoms with Crippen LogP contribution in [0.5, 0.6) is 0 Å². The summed E-state index contributed by atoms with van der Waals surface area (Å²) in [5.41, 5.74) is 0. The minimum atomic E-state index is -0.300. The van der Waals surface area contributed by atoms with E-state index in [1.807, 2.05) is 0 Å². The Kier molecular flexibility index (Phi) is 9.91. The normalized spacial score (nSPS) is 14.9. The molecule has 25 heavy (non-hydrogen) atoms. The van der Waals surface area contributed by atoms with Gasteiger partial charge in [-0.25, -0.2) is 4.79 Å². The van der Waals surface area contributed by atoms with Gasteiger partial charge in [-0.3, -0.25) is 9.59 Å². The number of rotatable bonds is 9. The van der Waals surface area contributed by atoms with E-state index in [-0.39, 0.29) is 30.4 Å². The second kappa shape index (κ2) is 11.7. The Morgan fingerprint density at radius 1 is 1.24 bits per heavy atom. The first kappa shape index (κ1) is 21.2. The highest BCUT2D eigenvalue weighted by Crippen LogP contribution is 2.18. The van der Waals surface area contributed by atoms with Crippen LogP contribution in [0.2, 0.25) is 0 Å². The molecule has 1 N–H and O–H groups in total. The summed E-state index contributed by atoms with van der Waals surface area (Å²) in [5.74, 6) is -0.104. The van der Waals surface area contributed by atoms with Crippen molar-refractivity contribution < 1.29 is 23.9 Å². The fourth-order valence-electron chi connectivity index (χ4n) is 2.93. The highest BCUT2D eigenvalue weighted by Gasteiger charge is 2.28. The molecule has 1 heterocycles. The Morgan fingerprint density at radius 2 is 1.92 bits per heavy atom. The average molecular weight is 357 g/mol. The monoisotopic (exact) mass is 357 g/mol. The highest BCUT2D eigenvalue weighted by atomic mass is 16.6. The van der Waals surface area contributed by atoms with Gasteiger partial charge in [0.15, 0.2) is 0 Å². The fourth-order valence-corrected chi connectivity index (χ4v) is 2.93. The maximum Gasteiger partial charge on any atom is 0.409 e. The van der Waals surface area contributed by atoms with Crippen molar-refractivity contribution in [3.05, 3.63) is 0 Å². The van der Waals surface area contributed by atoms with E-state index in [9.17, 15) is 14.4 Å². The third-order valence-electron chi connectivity index (χ3n) is 4.26. The molecule has 1 rings (SSSR count). The molecule has 0 aromatic heterocycles. The van der Waals surface area contributed by atoms with Crippen molar-refractivity contribution in [2.45, 2.75) is 45.6 Å². The number of hydrogen-bond donors (Lipinski definition) is 1. The van der Waals surface area contributed by atoms with Crippen LogP contribution in [0.4, 0.5) is 4.79 Å². The lowest BCUT2D eigenvalue weighted by Crippen LogP contribution is -2.49. The summed E-state index contributed by atoms with van der Waals surface area (Å²) in [6.45, 7) is 6.38. The minimum Gasteiger partial charge on any atom is -0.450 e. The maximum atomic E-state index is 11.9. The molecule has 8 nitrogen and oxygen atoms in total. The van der Waals surface area contributed by atoms with E-state index >= 15 is 0 Å². The highest BCUT2D eigenvalue weighted by molar-refractivity contribution is 5.78. The fraction of sp³-hybridized carbons (Fsp3) is 0.824. The van der Waals surface area contributed by atoms with Gasteiger partial charge < -0.3 is 24.6 Å². The number of likely N-dealkylation sites (tertiary alicyclic amines) is 1. The standard InChI is InChI=1S/C17H31N3O5/c1-4-25-17(23)19-10-6-15(7-11-19)20(14(2)21)12-8-16(22)18-9-5-13-24-3/h15H,4-13H2,1-3H3,(H,18,22). The van der Waals surface area contributed by atoms with E-state index in [4.69, 9.17) is 9.47 Å². The molecule has 0 spiro atoms. The van der Waals surface area contributed by atoms with E-state index in [2.05, 4.69) is 5.32 Å². The van der Waals surface area contributed by atoms with E-state index < -0.39 is 0 Å². The number of piperidine rings is 1. The van der Waals surface area contributed by atoms with Crippen LogP contribution in [-0.2, 0) is 19.1 Å². The van der Waals surface area contributed by atoms with Gasteiger partial charge in [0.2, 0.25) is 11.8 Å². The molecule has 3 amide bonds. The average Bonchev–Trinajstić information content (AvgIpc) is 2.59. The predicted octanol–water partition coefficient (Wildman–Crippen LogP) is 0.999. The smallest absolute Gasteiger partial charge is 0.409 e. The van der Waals surface area contributed by atoms with Crippen LogP contribution >= 0.6 is 0 Å². The third-order valence-corrected chi connectivity index (χ3v) is 4.26. The third kappa shape index (κ3) is 7.72. The van der Waals surface area contributed by atoms with Gasteiger partial charge in [-0.1, -0.05) is 0 Å². The summed E-state index contributed by atoms with van der Waals surface area (Å²) in [5, 5.41) is 2.82. The van der Waals surface area contributed by atoms with Crippen molar-refractivity contribution in [1.82, 2.24) is 15.1 Å². The molecule has 1 aliphatic heterocycles. The Bertz CT molecular complexity index is 436. The zero-order valence-corrected chi connectivity index (χ0v) is 15.6. The van der Waals surface area contributed by atoms with Crippen LogP contribution in [-0.4, -0.2) is 80.3 Å². The van der Waals surface area contributed by atoms with Crippen molar-refractivity contribution in [2.24, 2.45) is 0 Å². The molecular weight excluding hydrogens is 326 g/mol. The number of ether oxygens (including phenoxy) is 2. The van der Waals surface area contributed by atoms with Crippen molar-refractivity contribution in [1.29, 1.82) is 0 Å². The molecule has 0 aromatic carbocycles. The van der Waals surface area contributed by atoms with Gasteiger partial charge in [0, 0.05) is 59.3 Å². The van der Waals surface area contributed by atoms with Gasteiger partial charge in [0.1, 0.15) is 0 Å². The van der Waals surface area contributed by atoms with Crippen molar-refractivity contribution >= 4 is 17.9 Å². The zero-order chi connectivity index (χ0) is 18.7. The van der Waals surface area contributed by atoms with Crippen molar-refractivity contribution in [3.8, 4) is 0 Å². The molecule has 0 saturated carbocycles. The number of carbonyl (C=O) groups excluding carboxylic acids is 3. The largest absolute Gasteiger partial charge is 0.450 e. The predicted molar refractivity (Wildman–Crippen MR) is 93.1 cm³/mol. The second-order valence-electron chi connectivity index (χ2n) is 6.08. The number of nitrogens with zero attached hydrogens (tertiary/aromatic N) is 2.